The second-order valence-corrected chi connectivity index (χ2v) is 6.78. The Morgan fingerprint density at radius 1 is 1.10 bits per heavy atom. The molecule has 0 heterocycles. The van der Waals surface area contributed by atoms with E-state index in [2.05, 4.69) is 21.7 Å². The zero-order valence-electron chi connectivity index (χ0n) is 17.9. The van der Waals surface area contributed by atoms with Crippen molar-refractivity contribution in [1.29, 1.82) is 0 Å². The Hall–Kier alpha value is -1.26. The molecule has 166 valence electrons. The summed E-state index contributed by atoms with van der Waals surface area (Å²) >= 11 is 0. The van der Waals surface area contributed by atoms with E-state index in [9.17, 15) is 0 Å². The largest absolute Gasteiger partial charge is 0.493 e. The summed E-state index contributed by atoms with van der Waals surface area (Å²) in [5, 5.41) is 6.66. The lowest BCUT2D eigenvalue weighted by atomic mass is 10.1. The van der Waals surface area contributed by atoms with E-state index in [1.165, 1.54) is 12.8 Å². The Kier molecular flexibility index (Phi) is 13.8. The second kappa shape index (κ2) is 15.6. The topological polar surface area (TPSA) is 73.3 Å². The first-order valence-electron chi connectivity index (χ1n) is 10.1. The third-order valence-electron chi connectivity index (χ3n) is 4.73. The highest BCUT2D eigenvalue weighted by Crippen LogP contribution is 2.34. The van der Waals surface area contributed by atoms with Gasteiger partial charge in [0.1, 0.15) is 0 Å². The first kappa shape index (κ1) is 25.8. The molecule has 1 saturated carbocycles. The van der Waals surface area contributed by atoms with Gasteiger partial charge in [-0.25, -0.2) is 0 Å². The van der Waals surface area contributed by atoms with Gasteiger partial charge in [-0.3, -0.25) is 4.99 Å². The molecule has 0 spiro atoms. The van der Waals surface area contributed by atoms with Crippen LogP contribution in [0.1, 0.15) is 37.7 Å². The molecule has 0 saturated heterocycles. The maximum atomic E-state index is 6.29. The zero-order valence-corrected chi connectivity index (χ0v) is 20.2. The molecule has 2 N–H and O–H groups in total. The van der Waals surface area contributed by atoms with Crippen molar-refractivity contribution >= 4 is 29.9 Å². The number of para-hydroxylation sites is 1. The van der Waals surface area contributed by atoms with Crippen LogP contribution in [-0.4, -0.2) is 59.7 Å². The van der Waals surface area contributed by atoms with Crippen molar-refractivity contribution < 1.29 is 18.9 Å². The summed E-state index contributed by atoms with van der Waals surface area (Å²) in [6, 6.07) is 6.01. The minimum Gasteiger partial charge on any atom is -0.493 e. The first-order chi connectivity index (χ1) is 13.8. The van der Waals surface area contributed by atoms with Crippen molar-refractivity contribution in [3.8, 4) is 11.5 Å². The van der Waals surface area contributed by atoms with Crippen LogP contribution in [-0.2, 0) is 16.0 Å². The number of rotatable bonds is 12. The van der Waals surface area contributed by atoms with Gasteiger partial charge in [-0.2, -0.15) is 0 Å². The van der Waals surface area contributed by atoms with Gasteiger partial charge in [-0.05, 0) is 38.2 Å². The van der Waals surface area contributed by atoms with Gasteiger partial charge in [0.15, 0.2) is 17.5 Å². The average molecular weight is 521 g/mol. The van der Waals surface area contributed by atoms with Crippen LogP contribution in [0.4, 0.5) is 0 Å². The van der Waals surface area contributed by atoms with Gasteiger partial charge < -0.3 is 29.6 Å². The number of halogens is 1. The van der Waals surface area contributed by atoms with Crippen molar-refractivity contribution in [1.82, 2.24) is 10.6 Å². The standard InChI is InChI=1S/C21H35N3O4.HI/c1-22-21(23-12-7-13-27-15-14-25-2)24-16-17-8-6-11-19(26-3)20(17)28-18-9-4-5-10-18;/h6,8,11,18H,4-5,7,9-10,12-16H2,1-3H3,(H2,22,23,24);1H. The number of nitrogens with one attached hydrogen (secondary N) is 2. The van der Waals surface area contributed by atoms with Gasteiger partial charge in [0.25, 0.3) is 0 Å². The molecule has 0 atom stereocenters. The fraction of sp³-hybridized carbons (Fsp3) is 0.667. The lowest BCUT2D eigenvalue weighted by Gasteiger charge is -2.20. The summed E-state index contributed by atoms with van der Waals surface area (Å²) in [5.74, 6) is 2.38. The molecule has 1 fully saturated rings. The molecule has 2 rings (SSSR count). The van der Waals surface area contributed by atoms with E-state index in [4.69, 9.17) is 18.9 Å². The monoisotopic (exact) mass is 521 g/mol. The molecule has 29 heavy (non-hydrogen) atoms. The number of ether oxygens (including phenoxy) is 4. The normalized spacial score (nSPS) is 14.4. The third-order valence-corrected chi connectivity index (χ3v) is 4.73. The van der Waals surface area contributed by atoms with Crippen LogP contribution in [0, 0.1) is 0 Å². The summed E-state index contributed by atoms with van der Waals surface area (Å²) in [5.41, 5.74) is 1.07. The highest BCUT2D eigenvalue weighted by atomic mass is 127. The van der Waals surface area contributed by atoms with Gasteiger partial charge >= 0.3 is 0 Å². The number of methoxy groups -OCH3 is 2. The lowest BCUT2D eigenvalue weighted by molar-refractivity contribution is 0.0698. The number of benzene rings is 1. The van der Waals surface area contributed by atoms with E-state index in [-0.39, 0.29) is 30.1 Å². The average Bonchev–Trinajstić information content (AvgIpc) is 3.23. The Morgan fingerprint density at radius 3 is 2.59 bits per heavy atom. The minimum absolute atomic E-state index is 0. The van der Waals surface area contributed by atoms with Gasteiger partial charge in [0.05, 0.1) is 26.4 Å². The van der Waals surface area contributed by atoms with E-state index >= 15 is 0 Å². The van der Waals surface area contributed by atoms with Crippen LogP contribution in [0.3, 0.4) is 0 Å². The zero-order chi connectivity index (χ0) is 20.0. The predicted molar refractivity (Wildman–Crippen MR) is 127 cm³/mol. The first-order valence-corrected chi connectivity index (χ1v) is 10.1. The van der Waals surface area contributed by atoms with Crippen molar-refractivity contribution in [3.63, 3.8) is 0 Å². The number of hydrogen-bond acceptors (Lipinski definition) is 5. The highest BCUT2D eigenvalue weighted by Gasteiger charge is 2.20. The Labute approximate surface area is 191 Å². The van der Waals surface area contributed by atoms with Crippen LogP contribution in [0.2, 0.25) is 0 Å². The molecule has 1 aliphatic rings. The van der Waals surface area contributed by atoms with Gasteiger partial charge in [0, 0.05) is 39.4 Å². The second-order valence-electron chi connectivity index (χ2n) is 6.78. The number of aliphatic imine (C=N–C) groups is 1. The SMILES string of the molecule is CN=C(NCCCOCCOC)NCc1cccc(OC)c1OC1CCCC1.I. The maximum Gasteiger partial charge on any atom is 0.191 e. The van der Waals surface area contributed by atoms with Gasteiger partial charge in [-0.1, -0.05) is 12.1 Å². The van der Waals surface area contributed by atoms with Crippen molar-refractivity contribution in [2.75, 3.05) is 47.6 Å². The van der Waals surface area contributed by atoms with Crippen LogP contribution < -0.4 is 20.1 Å². The lowest BCUT2D eigenvalue weighted by Crippen LogP contribution is -2.37. The summed E-state index contributed by atoms with van der Waals surface area (Å²) in [6.45, 7) is 3.35. The number of hydrogen-bond donors (Lipinski definition) is 2. The van der Waals surface area contributed by atoms with E-state index in [0.717, 1.165) is 48.8 Å². The maximum absolute atomic E-state index is 6.29. The van der Waals surface area contributed by atoms with E-state index in [0.29, 0.717) is 26.4 Å². The van der Waals surface area contributed by atoms with Crippen molar-refractivity contribution in [2.45, 2.75) is 44.8 Å². The third kappa shape index (κ3) is 9.39. The van der Waals surface area contributed by atoms with E-state index < -0.39 is 0 Å². The van der Waals surface area contributed by atoms with Crippen LogP contribution in [0.15, 0.2) is 23.2 Å². The summed E-state index contributed by atoms with van der Waals surface area (Å²) < 4.78 is 22.2. The molecule has 0 aliphatic heterocycles. The quantitative estimate of drug-likeness (QED) is 0.190. The molecule has 1 aliphatic carbocycles. The summed E-state index contributed by atoms with van der Waals surface area (Å²) in [4.78, 5) is 4.29. The smallest absolute Gasteiger partial charge is 0.191 e. The molecule has 0 aromatic heterocycles. The van der Waals surface area contributed by atoms with E-state index in [1.54, 1.807) is 21.3 Å². The molecular formula is C21H36IN3O4. The minimum atomic E-state index is 0. The Bertz CT molecular complexity index is 595. The molecule has 1 aromatic carbocycles. The van der Waals surface area contributed by atoms with E-state index in [1.807, 2.05) is 12.1 Å². The molecule has 7 nitrogen and oxygen atoms in total. The molecule has 0 amide bonds. The highest BCUT2D eigenvalue weighted by molar-refractivity contribution is 14.0. The molecule has 1 aromatic rings. The van der Waals surface area contributed by atoms with Crippen LogP contribution in [0.25, 0.3) is 0 Å². The summed E-state index contributed by atoms with van der Waals surface area (Å²) in [6.07, 6.45) is 5.88. The Morgan fingerprint density at radius 2 is 1.90 bits per heavy atom. The van der Waals surface area contributed by atoms with Crippen LogP contribution in [0.5, 0.6) is 11.5 Å². The molecule has 0 radical (unpaired) electrons. The van der Waals surface area contributed by atoms with Gasteiger partial charge in [-0.15, -0.1) is 24.0 Å². The molecule has 8 heteroatoms. The Balaban J connectivity index is 0.00000420. The molecular weight excluding hydrogens is 485 g/mol. The summed E-state index contributed by atoms with van der Waals surface area (Å²) in [7, 11) is 5.13. The predicted octanol–water partition coefficient (Wildman–Crippen LogP) is 3.35. The fourth-order valence-electron chi connectivity index (χ4n) is 3.19. The molecule has 0 bridgehead atoms. The van der Waals surface area contributed by atoms with Crippen LogP contribution >= 0.6 is 24.0 Å². The van der Waals surface area contributed by atoms with Crippen molar-refractivity contribution in [3.05, 3.63) is 23.8 Å². The molecule has 0 unspecified atom stereocenters. The fourth-order valence-corrected chi connectivity index (χ4v) is 3.19. The van der Waals surface area contributed by atoms with Crippen molar-refractivity contribution in [2.24, 2.45) is 4.99 Å². The van der Waals surface area contributed by atoms with Gasteiger partial charge in [0.2, 0.25) is 0 Å². The number of guanidine groups is 1. The number of nitrogens with zero attached hydrogens (tertiary/aromatic N) is 1.